The van der Waals surface area contributed by atoms with Gasteiger partial charge in [-0.15, -0.1) is 11.8 Å². The van der Waals surface area contributed by atoms with Crippen molar-refractivity contribution in [2.45, 2.75) is 18.1 Å². The Balaban J connectivity index is 2.40. The Bertz CT molecular complexity index is 426. The first-order valence-electron chi connectivity index (χ1n) is 5.22. The standard InChI is InChI=1S/C12H13BrO3S/c1-3-14-11-9(12-15-4-5-16-12)6-8(17-2)7-10(11)13/h4-7,12H,3H2,1-2H3. The van der Waals surface area contributed by atoms with Crippen molar-refractivity contribution < 1.29 is 14.2 Å². The largest absolute Gasteiger partial charge is 0.492 e. The quantitative estimate of drug-likeness (QED) is 0.782. The van der Waals surface area contributed by atoms with Gasteiger partial charge in [0.1, 0.15) is 18.3 Å². The lowest BCUT2D eigenvalue weighted by atomic mass is 10.2. The smallest absolute Gasteiger partial charge is 0.270 e. The van der Waals surface area contributed by atoms with E-state index < -0.39 is 6.29 Å². The maximum Gasteiger partial charge on any atom is 0.270 e. The van der Waals surface area contributed by atoms with Crippen LogP contribution in [0.4, 0.5) is 0 Å². The highest BCUT2D eigenvalue weighted by atomic mass is 79.9. The number of benzene rings is 1. The number of rotatable bonds is 4. The third kappa shape index (κ3) is 2.72. The molecule has 1 aliphatic heterocycles. The van der Waals surface area contributed by atoms with Gasteiger partial charge in [0.15, 0.2) is 0 Å². The molecule has 17 heavy (non-hydrogen) atoms. The van der Waals surface area contributed by atoms with Gasteiger partial charge in [-0.2, -0.15) is 0 Å². The highest BCUT2D eigenvalue weighted by Crippen LogP contribution is 2.39. The Kier molecular flexibility index (Phi) is 4.23. The average Bonchev–Trinajstić information content (AvgIpc) is 2.85. The maximum atomic E-state index is 5.64. The van der Waals surface area contributed by atoms with Gasteiger partial charge in [0.25, 0.3) is 6.29 Å². The Morgan fingerprint density at radius 2 is 2.06 bits per heavy atom. The summed E-state index contributed by atoms with van der Waals surface area (Å²) in [5, 5.41) is 0. The van der Waals surface area contributed by atoms with Crippen LogP contribution in [0.2, 0.25) is 0 Å². The van der Waals surface area contributed by atoms with Crippen LogP contribution in [0.3, 0.4) is 0 Å². The lowest BCUT2D eigenvalue weighted by Gasteiger charge is -2.17. The summed E-state index contributed by atoms with van der Waals surface area (Å²) < 4.78 is 17.3. The Morgan fingerprint density at radius 1 is 1.35 bits per heavy atom. The summed E-state index contributed by atoms with van der Waals surface area (Å²) in [6.45, 7) is 2.55. The fourth-order valence-corrected chi connectivity index (χ4v) is 2.79. The number of hydrogen-bond donors (Lipinski definition) is 0. The summed E-state index contributed by atoms with van der Waals surface area (Å²) >= 11 is 5.18. The van der Waals surface area contributed by atoms with E-state index in [0.29, 0.717) is 6.61 Å². The van der Waals surface area contributed by atoms with Gasteiger partial charge in [-0.25, -0.2) is 0 Å². The molecule has 3 nitrogen and oxygen atoms in total. The van der Waals surface area contributed by atoms with Crippen LogP contribution in [0.25, 0.3) is 0 Å². The molecule has 0 amide bonds. The summed E-state index contributed by atoms with van der Waals surface area (Å²) in [7, 11) is 0. The van der Waals surface area contributed by atoms with Crippen LogP contribution in [-0.2, 0) is 9.47 Å². The molecule has 0 fully saturated rings. The van der Waals surface area contributed by atoms with Gasteiger partial charge >= 0.3 is 0 Å². The number of halogens is 1. The molecule has 0 saturated carbocycles. The molecule has 5 heteroatoms. The predicted molar refractivity (Wildman–Crippen MR) is 71.1 cm³/mol. The monoisotopic (exact) mass is 316 g/mol. The molecule has 0 atom stereocenters. The molecule has 0 unspecified atom stereocenters. The summed E-state index contributed by atoms with van der Waals surface area (Å²) in [6, 6.07) is 4.06. The van der Waals surface area contributed by atoms with Crippen LogP contribution in [0.1, 0.15) is 18.8 Å². The van der Waals surface area contributed by atoms with E-state index in [4.69, 9.17) is 14.2 Å². The summed E-state index contributed by atoms with van der Waals surface area (Å²) in [6.07, 6.45) is 4.70. The SMILES string of the molecule is CCOc1c(Br)cc(SC)cc1C1OC=CO1. The van der Waals surface area contributed by atoms with E-state index in [1.54, 1.807) is 24.3 Å². The molecule has 0 bridgehead atoms. The molecular formula is C12H13BrO3S. The zero-order valence-electron chi connectivity index (χ0n) is 9.60. The molecule has 92 valence electrons. The van der Waals surface area contributed by atoms with Gasteiger partial charge in [-0.3, -0.25) is 0 Å². The van der Waals surface area contributed by atoms with Crippen LogP contribution >= 0.6 is 27.7 Å². The molecular weight excluding hydrogens is 304 g/mol. The van der Waals surface area contributed by atoms with Crippen molar-refractivity contribution in [3.05, 3.63) is 34.7 Å². The highest BCUT2D eigenvalue weighted by Gasteiger charge is 2.23. The van der Waals surface area contributed by atoms with Crippen molar-refractivity contribution in [2.24, 2.45) is 0 Å². The lowest BCUT2D eigenvalue weighted by molar-refractivity contribution is -0.0266. The minimum absolute atomic E-state index is 0.417. The summed E-state index contributed by atoms with van der Waals surface area (Å²) in [5.41, 5.74) is 0.899. The van der Waals surface area contributed by atoms with Crippen molar-refractivity contribution in [3.63, 3.8) is 0 Å². The van der Waals surface area contributed by atoms with Crippen molar-refractivity contribution in [1.29, 1.82) is 0 Å². The fraction of sp³-hybridized carbons (Fsp3) is 0.333. The Hall–Kier alpha value is -0.810. The van der Waals surface area contributed by atoms with E-state index >= 15 is 0 Å². The first-order chi connectivity index (χ1) is 8.26. The highest BCUT2D eigenvalue weighted by molar-refractivity contribution is 9.10. The molecule has 2 rings (SSSR count). The molecule has 0 aliphatic carbocycles. The third-order valence-corrected chi connectivity index (χ3v) is 3.58. The van der Waals surface area contributed by atoms with Gasteiger partial charge in [-0.05, 0) is 41.2 Å². The molecule has 1 aliphatic rings. The summed E-state index contributed by atoms with van der Waals surface area (Å²) in [4.78, 5) is 1.13. The van der Waals surface area contributed by atoms with Gasteiger partial charge in [0.2, 0.25) is 0 Å². The Labute approximate surface area is 113 Å². The number of ether oxygens (including phenoxy) is 3. The fourth-order valence-electron chi connectivity index (χ4n) is 1.56. The molecule has 0 aromatic heterocycles. The first-order valence-corrected chi connectivity index (χ1v) is 7.24. The molecule has 0 saturated heterocycles. The van der Waals surface area contributed by atoms with Crippen molar-refractivity contribution in [2.75, 3.05) is 12.9 Å². The van der Waals surface area contributed by atoms with Crippen LogP contribution in [0.5, 0.6) is 5.75 Å². The van der Waals surface area contributed by atoms with Crippen LogP contribution in [0.15, 0.2) is 34.0 Å². The minimum atomic E-state index is -0.417. The third-order valence-electron chi connectivity index (χ3n) is 2.28. The normalized spacial score (nSPS) is 14.5. The van der Waals surface area contributed by atoms with Gasteiger partial charge in [-0.1, -0.05) is 0 Å². The van der Waals surface area contributed by atoms with Gasteiger partial charge in [0.05, 0.1) is 16.6 Å². The maximum absolute atomic E-state index is 5.64. The van der Waals surface area contributed by atoms with E-state index in [1.165, 1.54) is 0 Å². The van der Waals surface area contributed by atoms with Crippen molar-refractivity contribution >= 4 is 27.7 Å². The molecule has 0 radical (unpaired) electrons. The lowest BCUT2D eigenvalue weighted by Crippen LogP contribution is -2.04. The zero-order valence-corrected chi connectivity index (χ0v) is 12.0. The zero-order chi connectivity index (χ0) is 12.3. The van der Waals surface area contributed by atoms with E-state index in [0.717, 1.165) is 20.7 Å². The topological polar surface area (TPSA) is 27.7 Å². The van der Waals surface area contributed by atoms with Crippen LogP contribution in [-0.4, -0.2) is 12.9 Å². The molecule has 1 aromatic carbocycles. The first kappa shape index (κ1) is 12.6. The average molecular weight is 317 g/mol. The number of thioether (sulfide) groups is 1. The molecule has 1 heterocycles. The van der Waals surface area contributed by atoms with Crippen LogP contribution < -0.4 is 4.74 Å². The second-order valence-corrected chi connectivity index (χ2v) is 5.07. The van der Waals surface area contributed by atoms with Crippen molar-refractivity contribution in [1.82, 2.24) is 0 Å². The Morgan fingerprint density at radius 3 is 2.65 bits per heavy atom. The van der Waals surface area contributed by atoms with Gasteiger partial charge in [0, 0.05) is 4.90 Å². The van der Waals surface area contributed by atoms with E-state index in [2.05, 4.69) is 15.9 Å². The number of hydrogen-bond acceptors (Lipinski definition) is 4. The van der Waals surface area contributed by atoms with E-state index in [1.807, 2.05) is 25.3 Å². The predicted octanol–water partition coefficient (Wildman–Crippen LogP) is 4.09. The molecule has 0 N–H and O–H groups in total. The van der Waals surface area contributed by atoms with Gasteiger partial charge < -0.3 is 14.2 Å². The molecule has 0 spiro atoms. The second-order valence-electron chi connectivity index (χ2n) is 3.34. The van der Waals surface area contributed by atoms with E-state index in [-0.39, 0.29) is 0 Å². The summed E-state index contributed by atoms with van der Waals surface area (Å²) in [5.74, 6) is 0.777. The van der Waals surface area contributed by atoms with Crippen molar-refractivity contribution in [3.8, 4) is 5.75 Å². The second kappa shape index (κ2) is 5.69. The van der Waals surface area contributed by atoms with Crippen LogP contribution in [0, 0.1) is 0 Å². The molecule has 1 aromatic rings. The van der Waals surface area contributed by atoms with E-state index in [9.17, 15) is 0 Å². The minimum Gasteiger partial charge on any atom is -0.492 e.